The second kappa shape index (κ2) is 12.3. The molecular formula is C25H29N3O3. The van der Waals surface area contributed by atoms with E-state index >= 15 is 0 Å². The number of carbonyl (C=O) groups excluding carboxylic acids is 1. The summed E-state index contributed by atoms with van der Waals surface area (Å²) in [5.74, 6) is 0. The molecule has 6 nitrogen and oxygen atoms in total. The van der Waals surface area contributed by atoms with Crippen LogP contribution in [-0.2, 0) is 24.2 Å². The van der Waals surface area contributed by atoms with Gasteiger partial charge < -0.3 is 19.9 Å². The molecule has 0 aliphatic heterocycles. The highest BCUT2D eigenvalue weighted by Gasteiger charge is 2.02. The second-order valence-corrected chi connectivity index (χ2v) is 7.29. The van der Waals surface area contributed by atoms with Crippen molar-refractivity contribution in [2.45, 2.75) is 25.9 Å². The minimum atomic E-state index is -0.191. The molecule has 2 amide bonds. The Balaban J connectivity index is 1.26. The Bertz CT molecular complexity index is 985. The summed E-state index contributed by atoms with van der Waals surface area (Å²) in [4.78, 5) is 23.7. The lowest BCUT2D eigenvalue weighted by Crippen LogP contribution is -2.35. The monoisotopic (exact) mass is 419 g/mol. The summed E-state index contributed by atoms with van der Waals surface area (Å²) in [6.45, 7) is 2.86. The highest BCUT2D eigenvalue weighted by molar-refractivity contribution is 5.73. The van der Waals surface area contributed by atoms with Crippen molar-refractivity contribution in [3.63, 3.8) is 0 Å². The molecule has 3 rings (SSSR count). The Morgan fingerprint density at radius 3 is 2.32 bits per heavy atom. The maximum atomic E-state index is 11.9. The number of pyridine rings is 1. The van der Waals surface area contributed by atoms with Gasteiger partial charge in [0, 0.05) is 32.0 Å². The van der Waals surface area contributed by atoms with Crippen molar-refractivity contribution in [3.8, 4) is 0 Å². The van der Waals surface area contributed by atoms with Gasteiger partial charge in [-0.1, -0.05) is 60.7 Å². The third-order valence-corrected chi connectivity index (χ3v) is 4.86. The highest BCUT2D eigenvalue weighted by Crippen LogP contribution is 2.05. The van der Waals surface area contributed by atoms with Crippen molar-refractivity contribution in [1.82, 2.24) is 15.2 Å². The van der Waals surface area contributed by atoms with Gasteiger partial charge >= 0.3 is 6.03 Å². The summed E-state index contributed by atoms with van der Waals surface area (Å²) in [6, 6.07) is 23.0. The van der Waals surface area contributed by atoms with E-state index in [4.69, 9.17) is 4.74 Å². The lowest BCUT2D eigenvalue weighted by atomic mass is 10.1. The van der Waals surface area contributed by atoms with Gasteiger partial charge in [-0.05, 0) is 35.6 Å². The number of hydrogen-bond donors (Lipinski definition) is 2. The van der Waals surface area contributed by atoms with Crippen LogP contribution in [0.15, 0.2) is 83.8 Å². The van der Waals surface area contributed by atoms with E-state index in [9.17, 15) is 9.59 Å². The molecule has 1 aromatic heterocycles. The molecule has 6 heteroatoms. The molecule has 0 saturated carbocycles. The van der Waals surface area contributed by atoms with Crippen LogP contribution < -0.4 is 16.2 Å². The van der Waals surface area contributed by atoms with Gasteiger partial charge in [-0.15, -0.1) is 0 Å². The number of carbonyl (C=O) groups is 1. The number of ether oxygens (including phenoxy) is 1. The molecule has 1 heterocycles. The summed E-state index contributed by atoms with van der Waals surface area (Å²) in [5.41, 5.74) is 3.28. The summed E-state index contributed by atoms with van der Waals surface area (Å²) >= 11 is 0. The van der Waals surface area contributed by atoms with Crippen LogP contribution in [-0.4, -0.2) is 30.4 Å². The smallest absolute Gasteiger partial charge is 0.315 e. The number of aromatic nitrogens is 1. The van der Waals surface area contributed by atoms with E-state index in [1.807, 2.05) is 48.5 Å². The van der Waals surface area contributed by atoms with Crippen molar-refractivity contribution in [3.05, 3.63) is 106 Å². The Kier molecular flexibility index (Phi) is 8.88. The number of urea groups is 1. The molecular weight excluding hydrogens is 390 g/mol. The van der Waals surface area contributed by atoms with Gasteiger partial charge in [0.15, 0.2) is 0 Å². The van der Waals surface area contributed by atoms with Crippen molar-refractivity contribution >= 4 is 6.03 Å². The first-order valence-electron chi connectivity index (χ1n) is 10.6. The molecule has 0 unspecified atom stereocenters. The van der Waals surface area contributed by atoms with Gasteiger partial charge in [0.25, 0.3) is 5.56 Å². The van der Waals surface area contributed by atoms with Crippen molar-refractivity contribution in [2.75, 3.05) is 19.8 Å². The molecule has 0 aliphatic rings. The molecule has 2 aromatic carbocycles. The van der Waals surface area contributed by atoms with Crippen LogP contribution in [0.25, 0.3) is 0 Å². The predicted octanol–water partition coefficient (Wildman–Crippen LogP) is 3.35. The summed E-state index contributed by atoms with van der Waals surface area (Å²) in [6.07, 6.45) is 3.45. The number of benzene rings is 2. The molecule has 31 heavy (non-hydrogen) atoms. The van der Waals surface area contributed by atoms with E-state index in [1.165, 1.54) is 5.56 Å². The summed E-state index contributed by atoms with van der Waals surface area (Å²) in [5, 5.41) is 5.70. The highest BCUT2D eigenvalue weighted by atomic mass is 16.5. The molecule has 162 valence electrons. The normalized spacial score (nSPS) is 10.6. The molecule has 0 spiro atoms. The Hall–Kier alpha value is -3.38. The molecule has 0 atom stereocenters. The quantitative estimate of drug-likeness (QED) is 0.468. The fourth-order valence-corrected chi connectivity index (χ4v) is 3.11. The van der Waals surface area contributed by atoms with E-state index in [2.05, 4.69) is 22.8 Å². The largest absolute Gasteiger partial charge is 0.381 e. The zero-order valence-corrected chi connectivity index (χ0v) is 17.6. The van der Waals surface area contributed by atoms with Gasteiger partial charge in [0.1, 0.15) is 0 Å². The van der Waals surface area contributed by atoms with Crippen LogP contribution in [0.5, 0.6) is 0 Å². The van der Waals surface area contributed by atoms with Gasteiger partial charge in [0.2, 0.25) is 0 Å². The molecule has 2 N–H and O–H groups in total. The SMILES string of the molecule is O=C(NCCCOCCc1ccccc1)NCc1ccc(Cn2ccccc2=O)cc1. The van der Waals surface area contributed by atoms with Gasteiger partial charge in [0.05, 0.1) is 13.2 Å². The average Bonchev–Trinajstić information content (AvgIpc) is 2.80. The number of nitrogens with zero attached hydrogens (tertiary/aromatic N) is 1. The lowest BCUT2D eigenvalue weighted by molar-refractivity contribution is 0.135. The fraction of sp³-hybridized carbons (Fsp3) is 0.280. The van der Waals surface area contributed by atoms with Crippen LogP contribution in [0.1, 0.15) is 23.1 Å². The minimum Gasteiger partial charge on any atom is -0.381 e. The number of hydrogen-bond acceptors (Lipinski definition) is 3. The van der Waals surface area contributed by atoms with Gasteiger partial charge in [-0.3, -0.25) is 4.79 Å². The summed E-state index contributed by atoms with van der Waals surface area (Å²) < 4.78 is 7.28. The average molecular weight is 420 g/mol. The molecule has 0 bridgehead atoms. The molecule has 0 fully saturated rings. The first kappa shape index (κ1) is 22.3. The Morgan fingerprint density at radius 1 is 0.806 bits per heavy atom. The van der Waals surface area contributed by atoms with Crippen LogP contribution in [0.4, 0.5) is 4.79 Å². The topological polar surface area (TPSA) is 72.4 Å². The minimum absolute atomic E-state index is 0.0218. The number of nitrogens with one attached hydrogen (secondary N) is 2. The van der Waals surface area contributed by atoms with Crippen molar-refractivity contribution in [2.24, 2.45) is 0 Å². The zero-order valence-electron chi connectivity index (χ0n) is 17.6. The first-order valence-corrected chi connectivity index (χ1v) is 10.6. The van der Waals surface area contributed by atoms with Crippen LogP contribution in [0, 0.1) is 0 Å². The summed E-state index contributed by atoms with van der Waals surface area (Å²) in [7, 11) is 0. The molecule has 0 aliphatic carbocycles. The Morgan fingerprint density at radius 2 is 1.55 bits per heavy atom. The zero-order chi connectivity index (χ0) is 21.7. The van der Waals surface area contributed by atoms with Crippen LogP contribution in [0.2, 0.25) is 0 Å². The molecule has 0 radical (unpaired) electrons. The van der Waals surface area contributed by atoms with Crippen molar-refractivity contribution < 1.29 is 9.53 Å². The third-order valence-electron chi connectivity index (χ3n) is 4.86. The maximum Gasteiger partial charge on any atom is 0.315 e. The fourth-order valence-electron chi connectivity index (χ4n) is 3.11. The lowest BCUT2D eigenvalue weighted by Gasteiger charge is -2.09. The van der Waals surface area contributed by atoms with E-state index < -0.39 is 0 Å². The van der Waals surface area contributed by atoms with Gasteiger partial charge in [-0.25, -0.2) is 4.79 Å². The van der Waals surface area contributed by atoms with E-state index in [-0.39, 0.29) is 11.6 Å². The molecule has 0 saturated heterocycles. The van der Waals surface area contributed by atoms with Gasteiger partial charge in [-0.2, -0.15) is 0 Å². The number of rotatable bonds is 11. The van der Waals surface area contributed by atoms with Crippen molar-refractivity contribution in [1.29, 1.82) is 0 Å². The van der Waals surface area contributed by atoms with E-state index in [0.717, 1.165) is 24.0 Å². The third kappa shape index (κ3) is 8.10. The molecule has 3 aromatic rings. The standard InChI is InChI=1S/C25H29N3O3/c29-24-9-4-5-16-28(24)20-23-12-10-22(11-13-23)19-27-25(30)26-15-6-17-31-18-14-21-7-2-1-3-8-21/h1-5,7-13,16H,6,14-15,17-20H2,(H2,26,27,30). The van der Waals surface area contributed by atoms with E-state index in [1.54, 1.807) is 22.9 Å². The predicted molar refractivity (Wildman–Crippen MR) is 122 cm³/mol. The van der Waals surface area contributed by atoms with Crippen LogP contribution in [0.3, 0.4) is 0 Å². The first-order chi connectivity index (χ1) is 15.2. The maximum absolute atomic E-state index is 11.9. The van der Waals surface area contributed by atoms with E-state index in [0.29, 0.717) is 32.8 Å². The number of amides is 2. The Labute approximate surface area is 182 Å². The van der Waals surface area contributed by atoms with Crippen LogP contribution >= 0.6 is 0 Å². The second-order valence-electron chi connectivity index (χ2n) is 7.29.